The van der Waals surface area contributed by atoms with Gasteiger partial charge in [0.2, 0.25) is 5.91 Å². The van der Waals surface area contributed by atoms with Crippen LogP contribution in [-0.2, 0) is 14.8 Å². The van der Waals surface area contributed by atoms with Crippen LogP contribution in [0.4, 0.5) is 5.69 Å². The van der Waals surface area contributed by atoms with Crippen molar-refractivity contribution in [1.29, 1.82) is 0 Å². The van der Waals surface area contributed by atoms with E-state index in [0.29, 0.717) is 37.3 Å². The number of nitrogens with one attached hydrogen (secondary N) is 1. The number of piperazine rings is 1. The number of Topliss-reactive ketones (excluding diaryl/α,β-unsaturated/α-hetero) is 1. The lowest BCUT2D eigenvalue weighted by Gasteiger charge is -2.37. The molecule has 0 spiro atoms. The summed E-state index contributed by atoms with van der Waals surface area (Å²) >= 11 is 0. The molecule has 1 N–H and O–H groups in total. The second kappa shape index (κ2) is 9.58. The van der Waals surface area contributed by atoms with Crippen molar-refractivity contribution >= 4 is 33.2 Å². The Morgan fingerprint density at radius 3 is 2.29 bits per heavy atom. The summed E-state index contributed by atoms with van der Waals surface area (Å²) in [6.07, 6.45) is 0.740. The zero-order valence-corrected chi connectivity index (χ0v) is 20.5. The summed E-state index contributed by atoms with van der Waals surface area (Å²) in [4.78, 5) is 33.9. The summed E-state index contributed by atoms with van der Waals surface area (Å²) in [6.45, 7) is 7.95. The van der Waals surface area contributed by atoms with Gasteiger partial charge in [-0.05, 0) is 49.2 Å². The zero-order chi connectivity index (χ0) is 24.5. The number of carbonyl (C=O) groups excluding carboxylic acids is 2. The number of hydrogen-bond acceptors (Lipinski definition) is 6. The minimum Gasteiger partial charge on any atom is -0.368 e. The molecule has 4 rings (SSSR count). The van der Waals surface area contributed by atoms with Gasteiger partial charge in [0, 0.05) is 43.0 Å². The number of benzene rings is 2. The Labute approximate surface area is 200 Å². The van der Waals surface area contributed by atoms with Gasteiger partial charge in [0.1, 0.15) is 11.9 Å². The predicted molar refractivity (Wildman–Crippen MR) is 132 cm³/mol. The van der Waals surface area contributed by atoms with Gasteiger partial charge in [-0.2, -0.15) is 0 Å². The SMILES string of the molecule is CC[C@H](C)[C@@H](N=C1NS(=O)(=O)c2ccccc21)C(=O)N1CCN(c2ccc(C(C)=O)cc2)CC1. The molecule has 34 heavy (non-hydrogen) atoms. The number of amides is 1. The van der Waals surface area contributed by atoms with Crippen LogP contribution in [0.5, 0.6) is 0 Å². The van der Waals surface area contributed by atoms with Crippen molar-refractivity contribution in [2.45, 2.75) is 38.1 Å². The average Bonchev–Trinajstić information content (AvgIpc) is 3.11. The molecule has 2 aromatic rings. The van der Waals surface area contributed by atoms with Gasteiger partial charge < -0.3 is 9.80 Å². The Morgan fingerprint density at radius 1 is 1.03 bits per heavy atom. The van der Waals surface area contributed by atoms with Gasteiger partial charge >= 0.3 is 0 Å². The van der Waals surface area contributed by atoms with Gasteiger partial charge in [0.25, 0.3) is 10.0 Å². The third kappa shape index (κ3) is 4.70. The van der Waals surface area contributed by atoms with Crippen LogP contribution in [0.25, 0.3) is 0 Å². The Morgan fingerprint density at radius 2 is 1.68 bits per heavy atom. The van der Waals surface area contributed by atoms with E-state index in [1.165, 1.54) is 0 Å². The summed E-state index contributed by atoms with van der Waals surface area (Å²) in [5.74, 6) is 0.136. The first kappa shape index (κ1) is 23.9. The maximum atomic E-state index is 13.5. The Balaban J connectivity index is 1.50. The Hall–Kier alpha value is -3.20. The quantitative estimate of drug-likeness (QED) is 0.639. The number of anilines is 1. The van der Waals surface area contributed by atoms with Crippen LogP contribution in [0, 0.1) is 5.92 Å². The van der Waals surface area contributed by atoms with Crippen molar-refractivity contribution in [3.63, 3.8) is 0 Å². The van der Waals surface area contributed by atoms with E-state index >= 15 is 0 Å². The number of hydrogen-bond donors (Lipinski definition) is 1. The monoisotopic (exact) mass is 482 g/mol. The normalized spacial score (nSPS) is 19.9. The largest absolute Gasteiger partial charge is 0.368 e. The number of amidine groups is 1. The number of nitrogens with zero attached hydrogens (tertiary/aromatic N) is 3. The number of sulfonamides is 1. The molecule has 2 aromatic carbocycles. The van der Waals surface area contributed by atoms with E-state index in [2.05, 4.69) is 14.6 Å². The van der Waals surface area contributed by atoms with E-state index in [-0.39, 0.29) is 28.3 Å². The van der Waals surface area contributed by atoms with Crippen LogP contribution in [0.2, 0.25) is 0 Å². The molecule has 2 aliphatic rings. The maximum absolute atomic E-state index is 13.5. The summed E-state index contributed by atoms with van der Waals surface area (Å²) in [6, 6.07) is 13.5. The molecular formula is C25H30N4O4S. The van der Waals surface area contributed by atoms with Crippen LogP contribution in [0.3, 0.4) is 0 Å². The van der Waals surface area contributed by atoms with E-state index in [1.54, 1.807) is 31.2 Å². The van der Waals surface area contributed by atoms with E-state index in [1.807, 2.05) is 43.0 Å². The Bertz CT molecular complexity index is 1220. The molecular weight excluding hydrogens is 452 g/mol. The first-order valence-corrected chi connectivity index (χ1v) is 13.0. The van der Waals surface area contributed by atoms with Gasteiger partial charge in [-0.15, -0.1) is 0 Å². The lowest BCUT2D eigenvalue weighted by Crippen LogP contribution is -2.52. The van der Waals surface area contributed by atoms with Crippen LogP contribution in [0.1, 0.15) is 43.1 Å². The highest BCUT2D eigenvalue weighted by molar-refractivity contribution is 7.90. The molecule has 1 saturated heterocycles. The van der Waals surface area contributed by atoms with Gasteiger partial charge in [-0.25, -0.2) is 8.42 Å². The summed E-state index contributed by atoms with van der Waals surface area (Å²) < 4.78 is 27.5. The van der Waals surface area contributed by atoms with E-state index in [0.717, 1.165) is 12.1 Å². The highest BCUT2D eigenvalue weighted by Crippen LogP contribution is 2.25. The van der Waals surface area contributed by atoms with Gasteiger partial charge in [-0.1, -0.05) is 32.4 Å². The fourth-order valence-corrected chi connectivity index (χ4v) is 5.54. The molecule has 0 saturated carbocycles. The minimum absolute atomic E-state index is 0.0341. The molecule has 0 aliphatic carbocycles. The van der Waals surface area contributed by atoms with Gasteiger partial charge in [-0.3, -0.25) is 19.3 Å². The predicted octanol–water partition coefficient (Wildman–Crippen LogP) is 2.69. The van der Waals surface area contributed by atoms with Crippen LogP contribution in [-0.4, -0.2) is 63.1 Å². The van der Waals surface area contributed by atoms with Crippen molar-refractivity contribution < 1.29 is 18.0 Å². The molecule has 1 amide bonds. The topological polar surface area (TPSA) is 99.1 Å². The first-order chi connectivity index (χ1) is 16.2. The zero-order valence-electron chi connectivity index (χ0n) is 19.7. The van der Waals surface area contributed by atoms with Crippen LogP contribution >= 0.6 is 0 Å². The fourth-order valence-electron chi connectivity index (χ4n) is 4.30. The molecule has 8 nitrogen and oxygen atoms in total. The molecule has 180 valence electrons. The van der Waals surface area contributed by atoms with E-state index in [4.69, 9.17) is 0 Å². The van der Waals surface area contributed by atoms with Crippen molar-refractivity contribution in [2.75, 3.05) is 31.1 Å². The summed E-state index contributed by atoms with van der Waals surface area (Å²) in [5, 5.41) is 0. The molecule has 0 aromatic heterocycles. The molecule has 0 unspecified atom stereocenters. The van der Waals surface area contributed by atoms with Crippen LogP contribution < -0.4 is 9.62 Å². The lowest BCUT2D eigenvalue weighted by atomic mass is 9.97. The fraction of sp³-hybridized carbons (Fsp3) is 0.400. The van der Waals surface area contributed by atoms with Crippen molar-refractivity contribution in [1.82, 2.24) is 9.62 Å². The highest BCUT2D eigenvalue weighted by atomic mass is 32.2. The average molecular weight is 483 g/mol. The number of rotatable bonds is 6. The van der Waals surface area contributed by atoms with Gasteiger partial charge in [0.05, 0.1) is 4.90 Å². The third-order valence-electron chi connectivity index (χ3n) is 6.60. The standard InChI is InChI=1S/C25H30N4O4S/c1-4-17(2)23(26-24-21-7-5-6-8-22(21)34(32,33)27-24)25(31)29-15-13-28(14-16-29)20-11-9-19(10-12-20)18(3)30/h5-12,17,23H,4,13-16H2,1-3H3,(H,26,27)/t17-,23+/m0/s1. The third-order valence-corrected chi connectivity index (χ3v) is 7.99. The second-order valence-corrected chi connectivity index (χ2v) is 10.5. The second-order valence-electron chi connectivity index (χ2n) is 8.83. The maximum Gasteiger partial charge on any atom is 0.263 e. The van der Waals surface area contributed by atoms with E-state index < -0.39 is 16.1 Å². The highest BCUT2D eigenvalue weighted by Gasteiger charge is 2.35. The molecule has 0 bridgehead atoms. The number of carbonyl (C=O) groups is 2. The molecule has 2 aliphatic heterocycles. The van der Waals surface area contributed by atoms with Crippen LogP contribution in [0.15, 0.2) is 58.4 Å². The minimum atomic E-state index is -3.66. The number of aliphatic imine (C=N–C) groups is 1. The Kier molecular flexibility index (Phi) is 6.74. The molecule has 9 heteroatoms. The number of fused-ring (bicyclic) bond motifs is 1. The molecule has 2 atom stereocenters. The van der Waals surface area contributed by atoms with Crippen molar-refractivity contribution in [3.8, 4) is 0 Å². The van der Waals surface area contributed by atoms with Gasteiger partial charge in [0.15, 0.2) is 5.78 Å². The molecule has 2 heterocycles. The smallest absolute Gasteiger partial charge is 0.263 e. The number of ketones is 1. The summed E-state index contributed by atoms with van der Waals surface area (Å²) in [5.41, 5.74) is 2.20. The molecule has 0 radical (unpaired) electrons. The summed E-state index contributed by atoms with van der Waals surface area (Å²) in [7, 11) is -3.66. The lowest BCUT2D eigenvalue weighted by molar-refractivity contribution is -0.133. The van der Waals surface area contributed by atoms with E-state index in [9.17, 15) is 18.0 Å². The molecule has 1 fully saturated rings. The van der Waals surface area contributed by atoms with Crippen molar-refractivity contribution in [2.24, 2.45) is 10.9 Å². The van der Waals surface area contributed by atoms with Crippen molar-refractivity contribution in [3.05, 3.63) is 59.7 Å². The first-order valence-electron chi connectivity index (χ1n) is 11.6.